The van der Waals surface area contributed by atoms with Gasteiger partial charge in [0.15, 0.2) is 0 Å². The lowest BCUT2D eigenvalue weighted by Gasteiger charge is -2.09. The van der Waals surface area contributed by atoms with Gasteiger partial charge < -0.3 is 9.15 Å². The minimum Gasteiger partial charge on any atom is -0.463 e. The lowest BCUT2D eigenvalue weighted by atomic mass is 9.98. The number of hydrogen-bond donors (Lipinski definition) is 0. The summed E-state index contributed by atoms with van der Waals surface area (Å²) in [5.41, 5.74) is 1.21. The van der Waals surface area contributed by atoms with E-state index in [2.05, 4.69) is 10.8 Å². The highest BCUT2D eigenvalue weighted by Gasteiger charge is 2.14. The van der Waals surface area contributed by atoms with Crippen molar-refractivity contribution in [2.24, 2.45) is 0 Å². The zero-order valence-electron chi connectivity index (χ0n) is 8.79. The van der Waals surface area contributed by atoms with E-state index in [-0.39, 0.29) is 5.76 Å². The molecule has 0 saturated heterocycles. The van der Waals surface area contributed by atoms with Gasteiger partial charge in [-0.2, -0.15) is 0 Å². The molecule has 0 unspecified atom stereocenters. The number of methoxy groups -OCH3 is 1. The molecule has 0 atom stereocenters. The predicted molar refractivity (Wildman–Crippen MR) is 56.5 cm³/mol. The fraction of sp³-hybridized carbons (Fsp3) is 0.417. The van der Waals surface area contributed by atoms with Gasteiger partial charge in [0.2, 0.25) is 5.76 Å². The molecule has 0 radical (unpaired) electrons. The van der Waals surface area contributed by atoms with Gasteiger partial charge in [-0.1, -0.05) is 6.08 Å². The van der Waals surface area contributed by atoms with Crippen molar-refractivity contribution in [3.63, 3.8) is 0 Å². The Kier molecular flexibility index (Phi) is 2.90. The zero-order valence-corrected chi connectivity index (χ0v) is 8.79. The molecule has 3 nitrogen and oxygen atoms in total. The standard InChI is InChI=1S/C12H14O3/c1-14-12(13)11-8-7-10(15-11)9-5-3-2-4-6-9/h5,7-8H,2-4,6H2,1H3. The Hall–Kier alpha value is -1.51. The predicted octanol–water partition coefficient (Wildman–Crippen LogP) is 3.02. The fourth-order valence-corrected chi connectivity index (χ4v) is 1.78. The molecule has 0 saturated carbocycles. The van der Waals surface area contributed by atoms with Gasteiger partial charge in [-0.15, -0.1) is 0 Å². The Balaban J connectivity index is 2.19. The van der Waals surface area contributed by atoms with Gasteiger partial charge in [0, 0.05) is 0 Å². The van der Waals surface area contributed by atoms with Gasteiger partial charge >= 0.3 is 5.97 Å². The number of hydrogen-bond acceptors (Lipinski definition) is 3. The number of esters is 1. The molecule has 1 heterocycles. The smallest absolute Gasteiger partial charge is 0.373 e. The van der Waals surface area contributed by atoms with Crippen LogP contribution in [0.25, 0.3) is 5.57 Å². The van der Waals surface area contributed by atoms with Crippen LogP contribution in [0.4, 0.5) is 0 Å². The summed E-state index contributed by atoms with van der Waals surface area (Å²) in [4.78, 5) is 11.2. The second kappa shape index (κ2) is 4.34. The monoisotopic (exact) mass is 206 g/mol. The highest BCUT2D eigenvalue weighted by atomic mass is 16.5. The third-order valence-corrected chi connectivity index (χ3v) is 2.60. The van der Waals surface area contributed by atoms with Crippen LogP contribution in [0.3, 0.4) is 0 Å². The van der Waals surface area contributed by atoms with Gasteiger partial charge in [-0.05, 0) is 43.4 Å². The average molecular weight is 206 g/mol. The third kappa shape index (κ3) is 2.12. The number of carbonyl (C=O) groups is 1. The van der Waals surface area contributed by atoms with Crippen molar-refractivity contribution in [1.29, 1.82) is 0 Å². The van der Waals surface area contributed by atoms with Gasteiger partial charge in [0.05, 0.1) is 7.11 Å². The fourth-order valence-electron chi connectivity index (χ4n) is 1.78. The van der Waals surface area contributed by atoms with Crippen molar-refractivity contribution in [1.82, 2.24) is 0 Å². The molecular formula is C12H14O3. The maximum atomic E-state index is 11.2. The number of allylic oxidation sites excluding steroid dienone is 2. The van der Waals surface area contributed by atoms with Crippen LogP contribution in [0, 0.1) is 0 Å². The van der Waals surface area contributed by atoms with E-state index < -0.39 is 5.97 Å². The van der Waals surface area contributed by atoms with E-state index in [1.807, 2.05) is 6.07 Å². The van der Waals surface area contributed by atoms with E-state index in [0.29, 0.717) is 0 Å². The van der Waals surface area contributed by atoms with Crippen LogP contribution < -0.4 is 0 Å². The SMILES string of the molecule is COC(=O)c1ccc(C2=CCCCC2)o1. The summed E-state index contributed by atoms with van der Waals surface area (Å²) in [6, 6.07) is 3.50. The maximum absolute atomic E-state index is 11.2. The van der Waals surface area contributed by atoms with Crippen molar-refractivity contribution in [3.8, 4) is 0 Å². The van der Waals surface area contributed by atoms with E-state index in [9.17, 15) is 4.79 Å². The third-order valence-electron chi connectivity index (χ3n) is 2.60. The summed E-state index contributed by atoms with van der Waals surface area (Å²) in [5.74, 6) is 0.659. The number of rotatable bonds is 2. The molecule has 1 aliphatic rings. The minimum absolute atomic E-state index is 0.277. The van der Waals surface area contributed by atoms with Crippen LogP contribution in [0.5, 0.6) is 0 Å². The summed E-state index contributed by atoms with van der Waals surface area (Å²) < 4.78 is 10.0. The number of ether oxygens (including phenoxy) is 1. The van der Waals surface area contributed by atoms with E-state index in [0.717, 1.165) is 18.6 Å². The van der Waals surface area contributed by atoms with E-state index in [1.54, 1.807) is 6.07 Å². The molecule has 1 aromatic heterocycles. The first-order valence-corrected chi connectivity index (χ1v) is 5.19. The van der Waals surface area contributed by atoms with Crippen LogP contribution in [-0.2, 0) is 4.74 Å². The summed E-state index contributed by atoms with van der Waals surface area (Å²) in [6.07, 6.45) is 6.76. The van der Waals surface area contributed by atoms with Crippen molar-refractivity contribution < 1.29 is 13.9 Å². The lowest BCUT2D eigenvalue weighted by molar-refractivity contribution is 0.0564. The van der Waals surface area contributed by atoms with Crippen LogP contribution >= 0.6 is 0 Å². The van der Waals surface area contributed by atoms with E-state index in [4.69, 9.17) is 4.42 Å². The van der Waals surface area contributed by atoms with Crippen LogP contribution in [0.15, 0.2) is 22.6 Å². The van der Waals surface area contributed by atoms with E-state index in [1.165, 1.54) is 25.5 Å². The molecule has 2 rings (SSSR count). The first-order valence-electron chi connectivity index (χ1n) is 5.19. The minimum atomic E-state index is -0.419. The van der Waals surface area contributed by atoms with Crippen molar-refractivity contribution in [2.75, 3.05) is 7.11 Å². The first-order chi connectivity index (χ1) is 7.31. The normalized spacial score (nSPS) is 15.9. The molecule has 80 valence electrons. The lowest BCUT2D eigenvalue weighted by Crippen LogP contribution is -1.98. The van der Waals surface area contributed by atoms with Gasteiger partial charge in [-0.3, -0.25) is 0 Å². The summed E-state index contributed by atoms with van der Waals surface area (Å²) in [6.45, 7) is 0. The maximum Gasteiger partial charge on any atom is 0.373 e. The van der Waals surface area contributed by atoms with Crippen LogP contribution in [0.1, 0.15) is 42.0 Å². The second-order valence-electron chi connectivity index (χ2n) is 3.63. The van der Waals surface area contributed by atoms with Crippen LogP contribution in [0.2, 0.25) is 0 Å². The Labute approximate surface area is 88.7 Å². The molecule has 1 aliphatic carbocycles. The van der Waals surface area contributed by atoms with Crippen LogP contribution in [-0.4, -0.2) is 13.1 Å². The van der Waals surface area contributed by atoms with Crippen molar-refractivity contribution in [2.45, 2.75) is 25.7 Å². The first kappa shape index (κ1) is 10.0. The van der Waals surface area contributed by atoms with Gasteiger partial charge in [-0.25, -0.2) is 4.79 Å². The highest BCUT2D eigenvalue weighted by Crippen LogP contribution is 2.27. The Morgan fingerprint density at radius 2 is 2.27 bits per heavy atom. The molecular weight excluding hydrogens is 192 g/mol. The van der Waals surface area contributed by atoms with Crippen molar-refractivity contribution >= 4 is 11.5 Å². The van der Waals surface area contributed by atoms with Gasteiger partial charge in [0.1, 0.15) is 5.76 Å². The molecule has 0 spiro atoms. The Bertz CT molecular complexity index is 387. The largest absolute Gasteiger partial charge is 0.463 e. The molecule has 0 amide bonds. The highest BCUT2D eigenvalue weighted by molar-refractivity contribution is 5.86. The molecule has 0 fully saturated rings. The summed E-state index contributed by atoms with van der Waals surface area (Å²) >= 11 is 0. The second-order valence-corrected chi connectivity index (χ2v) is 3.63. The van der Waals surface area contributed by atoms with Gasteiger partial charge in [0.25, 0.3) is 0 Å². The number of furan rings is 1. The Morgan fingerprint density at radius 3 is 2.93 bits per heavy atom. The number of carbonyl (C=O) groups excluding carboxylic acids is 1. The quantitative estimate of drug-likeness (QED) is 0.698. The molecule has 0 aromatic carbocycles. The molecule has 3 heteroatoms. The Morgan fingerprint density at radius 1 is 1.40 bits per heavy atom. The molecule has 1 aromatic rings. The summed E-state index contributed by atoms with van der Waals surface area (Å²) in [5, 5.41) is 0. The molecule has 0 N–H and O–H groups in total. The summed E-state index contributed by atoms with van der Waals surface area (Å²) in [7, 11) is 1.35. The average Bonchev–Trinajstić information content (AvgIpc) is 2.78. The van der Waals surface area contributed by atoms with E-state index >= 15 is 0 Å². The molecule has 0 bridgehead atoms. The molecule has 0 aliphatic heterocycles. The van der Waals surface area contributed by atoms with Crippen molar-refractivity contribution in [3.05, 3.63) is 29.7 Å². The zero-order chi connectivity index (χ0) is 10.7. The molecule has 15 heavy (non-hydrogen) atoms. The topological polar surface area (TPSA) is 39.4 Å².